The van der Waals surface area contributed by atoms with Gasteiger partial charge in [-0.3, -0.25) is 14.9 Å². The van der Waals surface area contributed by atoms with E-state index in [9.17, 15) is 27.2 Å². The van der Waals surface area contributed by atoms with Gasteiger partial charge in [-0.05, 0) is 42.5 Å². The lowest BCUT2D eigenvalue weighted by atomic mass is 10.2. The zero-order valence-corrected chi connectivity index (χ0v) is 16.2. The fraction of sp³-hybridized carbons (Fsp3) is 0.0500. The van der Waals surface area contributed by atoms with Crippen LogP contribution < -0.4 is 16.2 Å². The van der Waals surface area contributed by atoms with Gasteiger partial charge in [0.15, 0.2) is 0 Å². The van der Waals surface area contributed by atoms with E-state index in [1.165, 1.54) is 36.4 Å². The summed E-state index contributed by atoms with van der Waals surface area (Å²) in [6.07, 6.45) is -4.58. The van der Waals surface area contributed by atoms with Crippen LogP contribution in [0.15, 0.2) is 70.5 Å². The normalized spacial score (nSPS) is 11.8. The Kier molecular flexibility index (Phi) is 6.40. The van der Waals surface area contributed by atoms with Crippen molar-refractivity contribution in [2.45, 2.75) is 6.18 Å². The van der Waals surface area contributed by atoms with Crippen molar-refractivity contribution < 1.29 is 22.4 Å². The highest BCUT2D eigenvalue weighted by Crippen LogP contribution is 2.30. The number of hydrogen-bond acceptors (Lipinski definition) is 3. The highest BCUT2D eigenvalue weighted by molar-refractivity contribution is 6.31. The SMILES string of the molecule is O=C(N/C(=N/c1cccc(=O)[nH]1)Nc1cccc(C(F)(F)F)c1)c1ccc(F)c(Cl)c1. The number of pyridine rings is 1. The molecule has 6 nitrogen and oxygen atoms in total. The summed E-state index contributed by atoms with van der Waals surface area (Å²) in [6, 6.07) is 11.5. The molecule has 3 aromatic rings. The van der Waals surface area contributed by atoms with E-state index >= 15 is 0 Å². The number of amides is 1. The molecule has 0 bridgehead atoms. The number of aromatic nitrogens is 1. The van der Waals surface area contributed by atoms with E-state index in [2.05, 4.69) is 20.6 Å². The number of H-pyrrole nitrogens is 1. The van der Waals surface area contributed by atoms with Crippen LogP contribution in [0.1, 0.15) is 15.9 Å². The van der Waals surface area contributed by atoms with Crippen molar-refractivity contribution in [2.75, 3.05) is 5.32 Å². The molecule has 0 aliphatic heterocycles. The third kappa shape index (κ3) is 5.92. The molecule has 11 heteroatoms. The van der Waals surface area contributed by atoms with E-state index in [0.29, 0.717) is 0 Å². The summed E-state index contributed by atoms with van der Waals surface area (Å²) < 4.78 is 52.3. The summed E-state index contributed by atoms with van der Waals surface area (Å²) in [5.41, 5.74) is -1.44. The molecule has 0 radical (unpaired) electrons. The van der Waals surface area contributed by atoms with E-state index in [-0.39, 0.29) is 28.1 Å². The smallest absolute Gasteiger partial charge is 0.326 e. The Morgan fingerprint density at radius 2 is 1.77 bits per heavy atom. The van der Waals surface area contributed by atoms with Gasteiger partial charge in [0.25, 0.3) is 5.91 Å². The molecule has 0 unspecified atom stereocenters. The van der Waals surface area contributed by atoms with Gasteiger partial charge < -0.3 is 10.3 Å². The molecule has 0 atom stereocenters. The molecular formula is C20H13ClF4N4O2. The number of halogens is 5. The van der Waals surface area contributed by atoms with Gasteiger partial charge in [0.1, 0.15) is 11.6 Å². The van der Waals surface area contributed by atoms with E-state index in [1.54, 1.807) is 0 Å². The van der Waals surface area contributed by atoms with Crippen LogP contribution in [-0.2, 0) is 6.18 Å². The minimum Gasteiger partial charge on any atom is -0.326 e. The Morgan fingerprint density at radius 1 is 1.03 bits per heavy atom. The fourth-order valence-corrected chi connectivity index (χ4v) is 2.62. The van der Waals surface area contributed by atoms with E-state index in [4.69, 9.17) is 11.6 Å². The number of anilines is 1. The van der Waals surface area contributed by atoms with Crippen molar-refractivity contribution in [3.63, 3.8) is 0 Å². The molecule has 0 spiro atoms. The second-order valence-corrected chi connectivity index (χ2v) is 6.55. The number of nitrogens with zero attached hydrogens (tertiary/aromatic N) is 1. The fourth-order valence-electron chi connectivity index (χ4n) is 2.44. The van der Waals surface area contributed by atoms with Crippen LogP contribution in [0.3, 0.4) is 0 Å². The predicted molar refractivity (Wildman–Crippen MR) is 108 cm³/mol. The van der Waals surface area contributed by atoms with Gasteiger partial charge in [0, 0.05) is 17.3 Å². The molecule has 0 aliphatic rings. The highest BCUT2D eigenvalue weighted by Gasteiger charge is 2.30. The van der Waals surface area contributed by atoms with E-state index < -0.39 is 29.0 Å². The summed E-state index contributed by atoms with van der Waals surface area (Å²) in [4.78, 5) is 30.5. The number of guanidine groups is 1. The first-order valence-electron chi connectivity index (χ1n) is 8.60. The molecule has 0 saturated carbocycles. The first-order valence-corrected chi connectivity index (χ1v) is 8.98. The zero-order chi connectivity index (χ0) is 22.6. The second kappa shape index (κ2) is 9.00. The largest absolute Gasteiger partial charge is 0.416 e. The van der Waals surface area contributed by atoms with Crippen LogP contribution in [0.2, 0.25) is 5.02 Å². The number of aromatic amines is 1. The van der Waals surface area contributed by atoms with Crippen molar-refractivity contribution in [1.29, 1.82) is 0 Å². The molecule has 160 valence electrons. The van der Waals surface area contributed by atoms with Crippen LogP contribution in [0, 0.1) is 5.82 Å². The number of rotatable bonds is 3. The maximum absolute atomic E-state index is 13.3. The third-order valence-electron chi connectivity index (χ3n) is 3.85. The van der Waals surface area contributed by atoms with Crippen molar-refractivity contribution in [1.82, 2.24) is 10.3 Å². The molecule has 0 saturated heterocycles. The van der Waals surface area contributed by atoms with Crippen molar-refractivity contribution in [3.05, 3.63) is 93.0 Å². The molecule has 3 rings (SSSR count). The Bertz CT molecular complexity index is 1210. The van der Waals surface area contributed by atoms with Crippen molar-refractivity contribution in [2.24, 2.45) is 4.99 Å². The first kappa shape index (κ1) is 22.0. The highest BCUT2D eigenvalue weighted by atomic mass is 35.5. The summed E-state index contributed by atoms with van der Waals surface area (Å²) in [5.74, 6) is -1.75. The molecule has 0 fully saturated rings. The lowest BCUT2D eigenvalue weighted by Gasteiger charge is -2.14. The molecule has 0 aliphatic carbocycles. The number of benzene rings is 2. The average Bonchev–Trinajstić information content (AvgIpc) is 2.69. The van der Waals surface area contributed by atoms with Crippen LogP contribution in [0.4, 0.5) is 29.1 Å². The lowest BCUT2D eigenvalue weighted by molar-refractivity contribution is -0.137. The first-order chi connectivity index (χ1) is 14.6. The van der Waals surface area contributed by atoms with Gasteiger partial charge in [-0.2, -0.15) is 18.2 Å². The van der Waals surface area contributed by atoms with E-state index in [0.717, 1.165) is 24.3 Å². The summed E-state index contributed by atoms with van der Waals surface area (Å²) >= 11 is 5.68. The zero-order valence-electron chi connectivity index (χ0n) is 15.4. The maximum Gasteiger partial charge on any atom is 0.416 e. The van der Waals surface area contributed by atoms with Crippen LogP contribution >= 0.6 is 11.6 Å². The molecular weight excluding hydrogens is 440 g/mol. The average molecular weight is 453 g/mol. The van der Waals surface area contributed by atoms with E-state index in [1.807, 2.05) is 0 Å². The Morgan fingerprint density at radius 3 is 2.45 bits per heavy atom. The number of aliphatic imine (C=N–C) groups is 1. The standard InChI is InChI=1S/C20H13ClF4N4O2/c21-14-9-11(7-8-15(14)22)18(31)29-19(28-16-5-2-6-17(30)27-16)26-13-4-1-3-12(10-13)20(23,24)25/h1-10H,(H3,26,27,28,29,30,31). The second-order valence-electron chi connectivity index (χ2n) is 6.15. The van der Waals surface area contributed by atoms with Gasteiger partial charge in [-0.15, -0.1) is 0 Å². The van der Waals surface area contributed by atoms with Crippen LogP contribution in [0.5, 0.6) is 0 Å². The number of hydrogen-bond donors (Lipinski definition) is 3. The molecule has 1 heterocycles. The molecule has 2 aromatic carbocycles. The summed E-state index contributed by atoms with van der Waals surface area (Å²) in [6.45, 7) is 0. The van der Waals surface area contributed by atoms with Gasteiger partial charge in [-0.1, -0.05) is 23.7 Å². The third-order valence-corrected chi connectivity index (χ3v) is 4.14. The topological polar surface area (TPSA) is 86.3 Å². The minimum atomic E-state index is -4.58. The minimum absolute atomic E-state index is 0.0218. The van der Waals surface area contributed by atoms with Crippen molar-refractivity contribution in [3.8, 4) is 0 Å². The number of alkyl halides is 3. The Hall–Kier alpha value is -3.66. The van der Waals surface area contributed by atoms with Crippen LogP contribution in [0.25, 0.3) is 0 Å². The van der Waals surface area contributed by atoms with Crippen molar-refractivity contribution >= 4 is 35.0 Å². The predicted octanol–water partition coefficient (Wildman–Crippen LogP) is 4.72. The van der Waals surface area contributed by atoms with Gasteiger partial charge in [0.05, 0.1) is 10.6 Å². The Labute approximate surface area is 177 Å². The number of nitrogens with one attached hydrogen (secondary N) is 3. The van der Waals surface area contributed by atoms with Gasteiger partial charge in [0.2, 0.25) is 11.5 Å². The molecule has 1 aromatic heterocycles. The molecule has 31 heavy (non-hydrogen) atoms. The maximum atomic E-state index is 13.3. The number of carbonyl (C=O) groups excluding carboxylic acids is 1. The quantitative estimate of drug-likeness (QED) is 0.305. The van der Waals surface area contributed by atoms with Crippen LogP contribution in [-0.4, -0.2) is 16.9 Å². The summed E-state index contributed by atoms with van der Waals surface area (Å²) in [5, 5.41) is 4.66. The summed E-state index contributed by atoms with van der Waals surface area (Å²) in [7, 11) is 0. The number of carbonyl (C=O) groups is 1. The molecule has 3 N–H and O–H groups in total. The Balaban J connectivity index is 1.94. The lowest BCUT2D eigenvalue weighted by Crippen LogP contribution is -2.36. The van der Waals surface area contributed by atoms with Gasteiger partial charge >= 0.3 is 6.18 Å². The monoisotopic (exact) mass is 452 g/mol. The van der Waals surface area contributed by atoms with Gasteiger partial charge in [-0.25, -0.2) is 4.39 Å². The molecule has 1 amide bonds.